The lowest BCUT2D eigenvalue weighted by Crippen LogP contribution is -1.93. The minimum Gasteiger partial charge on any atom is -0.466 e. The Labute approximate surface area is 68.4 Å². The molecule has 2 nitrogen and oxygen atoms in total. The number of methoxy groups -OCH3 is 1. The van der Waals surface area contributed by atoms with Gasteiger partial charge in [-0.25, -0.2) is 4.79 Å². The van der Waals surface area contributed by atoms with Crippen molar-refractivity contribution in [2.75, 3.05) is 11.5 Å². The van der Waals surface area contributed by atoms with Crippen LogP contribution in [0.3, 0.4) is 0 Å². The van der Waals surface area contributed by atoms with Gasteiger partial charge < -0.3 is 4.74 Å². The molecule has 52 valence electrons. The molecule has 0 atom stereocenters. The van der Waals surface area contributed by atoms with E-state index in [0.717, 1.165) is 10.8 Å². The van der Waals surface area contributed by atoms with Gasteiger partial charge in [0.1, 0.15) is 0 Å². The molecule has 0 aromatic carbocycles. The van der Waals surface area contributed by atoms with Crippen LogP contribution in [0.5, 0.6) is 0 Å². The van der Waals surface area contributed by atoms with Crippen LogP contribution in [0.1, 0.15) is 6.42 Å². The summed E-state index contributed by atoms with van der Waals surface area (Å²) in [5.74, 6) is -0.278. The number of allylic oxidation sites excluding steroid dienone is 1. The highest BCUT2D eigenvalue weighted by molar-refractivity contribution is 14.1. The van der Waals surface area contributed by atoms with Crippen molar-refractivity contribution >= 4 is 28.6 Å². The molecule has 0 aliphatic heterocycles. The molecule has 0 saturated heterocycles. The highest BCUT2D eigenvalue weighted by Gasteiger charge is 1.87. The van der Waals surface area contributed by atoms with E-state index in [-0.39, 0.29) is 5.97 Å². The summed E-state index contributed by atoms with van der Waals surface area (Å²) in [6, 6.07) is 0. The number of rotatable bonds is 3. The first-order chi connectivity index (χ1) is 4.31. The smallest absolute Gasteiger partial charge is 0.330 e. The van der Waals surface area contributed by atoms with Gasteiger partial charge in [0.05, 0.1) is 7.11 Å². The average molecular weight is 240 g/mol. The molecule has 0 saturated carbocycles. The lowest BCUT2D eigenvalue weighted by molar-refractivity contribution is -0.134. The molecule has 0 amide bonds. The molecule has 0 bridgehead atoms. The largest absolute Gasteiger partial charge is 0.466 e. The maximum absolute atomic E-state index is 10.4. The minimum atomic E-state index is -0.278. The van der Waals surface area contributed by atoms with E-state index in [1.807, 2.05) is 0 Å². The Hall–Kier alpha value is -0.0600. The zero-order valence-corrected chi connectivity index (χ0v) is 7.42. The summed E-state index contributed by atoms with van der Waals surface area (Å²) in [4.78, 5) is 10.4. The number of carbonyl (C=O) groups is 1. The maximum atomic E-state index is 10.4. The third-order valence-corrected chi connectivity index (χ3v) is 1.35. The molecule has 0 aliphatic rings. The van der Waals surface area contributed by atoms with Gasteiger partial charge in [-0.2, -0.15) is 0 Å². The fourth-order valence-electron chi connectivity index (χ4n) is 0.311. The van der Waals surface area contributed by atoms with Gasteiger partial charge in [-0.1, -0.05) is 28.7 Å². The molecule has 0 heterocycles. The van der Waals surface area contributed by atoms with Gasteiger partial charge in [0.15, 0.2) is 0 Å². The first-order valence-corrected chi connectivity index (χ1v) is 4.14. The third kappa shape index (κ3) is 5.82. The van der Waals surface area contributed by atoms with Crippen LogP contribution in [0.4, 0.5) is 0 Å². The lowest BCUT2D eigenvalue weighted by atomic mass is 10.4. The van der Waals surface area contributed by atoms with Crippen LogP contribution in [0, 0.1) is 0 Å². The second-order valence-corrected chi connectivity index (χ2v) is 2.48. The predicted molar refractivity (Wildman–Crippen MR) is 44.7 cm³/mol. The number of halogens is 1. The summed E-state index contributed by atoms with van der Waals surface area (Å²) in [6.07, 6.45) is 4.17. The Morgan fingerprint density at radius 1 is 1.78 bits per heavy atom. The fourth-order valence-corrected chi connectivity index (χ4v) is 0.670. The summed E-state index contributed by atoms with van der Waals surface area (Å²) in [7, 11) is 1.37. The van der Waals surface area contributed by atoms with Crippen LogP contribution in [0.25, 0.3) is 0 Å². The molecule has 0 aromatic rings. The fraction of sp³-hybridized carbons (Fsp3) is 0.500. The molecular formula is C6H9IO2. The first kappa shape index (κ1) is 8.94. The lowest BCUT2D eigenvalue weighted by Gasteiger charge is -1.87. The molecule has 0 aliphatic carbocycles. The van der Waals surface area contributed by atoms with Gasteiger partial charge in [-0.15, -0.1) is 0 Å². The van der Waals surface area contributed by atoms with Crippen LogP contribution < -0.4 is 0 Å². The zero-order valence-electron chi connectivity index (χ0n) is 5.26. The van der Waals surface area contributed by atoms with Crippen LogP contribution in [-0.2, 0) is 9.53 Å². The molecule has 0 radical (unpaired) electrons. The number of carbonyl (C=O) groups excluding carboxylic acids is 1. The van der Waals surface area contributed by atoms with Crippen LogP contribution in [0.2, 0.25) is 0 Å². The summed E-state index contributed by atoms with van der Waals surface area (Å²) < 4.78 is 5.40. The summed E-state index contributed by atoms with van der Waals surface area (Å²) in [5.41, 5.74) is 0. The third-order valence-electron chi connectivity index (χ3n) is 0.731. The Morgan fingerprint density at radius 2 is 2.44 bits per heavy atom. The molecule has 0 unspecified atom stereocenters. The van der Waals surface area contributed by atoms with E-state index >= 15 is 0 Å². The molecule has 0 rings (SSSR count). The monoisotopic (exact) mass is 240 g/mol. The Kier molecular flexibility index (Phi) is 6.03. The summed E-state index contributed by atoms with van der Waals surface area (Å²) >= 11 is 2.24. The number of alkyl halides is 1. The van der Waals surface area contributed by atoms with Gasteiger partial charge in [0, 0.05) is 10.5 Å². The number of hydrogen-bond acceptors (Lipinski definition) is 2. The van der Waals surface area contributed by atoms with Gasteiger partial charge >= 0.3 is 5.97 Å². The van der Waals surface area contributed by atoms with Crippen molar-refractivity contribution in [1.82, 2.24) is 0 Å². The van der Waals surface area contributed by atoms with E-state index in [4.69, 9.17) is 0 Å². The van der Waals surface area contributed by atoms with Crippen molar-refractivity contribution in [3.05, 3.63) is 12.2 Å². The maximum Gasteiger partial charge on any atom is 0.330 e. The van der Waals surface area contributed by atoms with Gasteiger partial charge in [0.25, 0.3) is 0 Å². The second kappa shape index (κ2) is 6.07. The Bertz CT molecular complexity index is 110. The Balaban J connectivity index is 3.32. The molecule has 0 N–H and O–H groups in total. The predicted octanol–water partition coefficient (Wildman–Crippen LogP) is 1.54. The average Bonchev–Trinajstić information content (AvgIpc) is 1.89. The molecule has 0 fully saturated rings. The van der Waals surface area contributed by atoms with Gasteiger partial charge in [-0.3, -0.25) is 0 Å². The normalized spacial score (nSPS) is 10.0. The van der Waals surface area contributed by atoms with E-state index in [1.54, 1.807) is 6.08 Å². The zero-order chi connectivity index (χ0) is 7.11. The van der Waals surface area contributed by atoms with Crippen LogP contribution in [0.15, 0.2) is 12.2 Å². The van der Waals surface area contributed by atoms with E-state index < -0.39 is 0 Å². The van der Waals surface area contributed by atoms with Crippen molar-refractivity contribution in [2.45, 2.75) is 6.42 Å². The van der Waals surface area contributed by atoms with Crippen LogP contribution in [-0.4, -0.2) is 17.5 Å². The summed E-state index contributed by atoms with van der Waals surface area (Å²) in [6.45, 7) is 0. The number of esters is 1. The SMILES string of the molecule is COC(=O)/C=C\CCI. The second-order valence-electron chi connectivity index (χ2n) is 1.40. The summed E-state index contributed by atoms with van der Waals surface area (Å²) in [5, 5.41) is 0. The molecular weight excluding hydrogens is 231 g/mol. The standard InChI is InChI=1S/C6H9IO2/c1-9-6(8)4-2-3-5-7/h2,4H,3,5H2,1H3/b4-2-. The number of hydrogen-bond donors (Lipinski definition) is 0. The van der Waals surface area contributed by atoms with Crippen molar-refractivity contribution in [2.24, 2.45) is 0 Å². The highest BCUT2D eigenvalue weighted by atomic mass is 127. The molecule has 3 heteroatoms. The van der Waals surface area contributed by atoms with Gasteiger partial charge in [-0.05, 0) is 6.42 Å². The molecule has 9 heavy (non-hydrogen) atoms. The first-order valence-electron chi connectivity index (χ1n) is 2.61. The molecule has 0 aromatic heterocycles. The van der Waals surface area contributed by atoms with E-state index in [1.165, 1.54) is 13.2 Å². The quantitative estimate of drug-likeness (QED) is 0.323. The van der Waals surface area contributed by atoms with Crippen LogP contribution >= 0.6 is 22.6 Å². The van der Waals surface area contributed by atoms with Crippen molar-refractivity contribution in [1.29, 1.82) is 0 Å². The Morgan fingerprint density at radius 3 is 2.89 bits per heavy atom. The van der Waals surface area contributed by atoms with Crippen molar-refractivity contribution < 1.29 is 9.53 Å². The van der Waals surface area contributed by atoms with E-state index in [2.05, 4.69) is 27.3 Å². The van der Waals surface area contributed by atoms with E-state index in [9.17, 15) is 4.79 Å². The number of ether oxygens (including phenoxy) is 1. The topological polar surface area (TPSA) is 26.3 Å². The highest BCUT2D eigenvalue weighted by Crippen LogP contribution is 1.89. The van der Waals surface area contributed by atoms with Crippen molar-refractivity contribution in [3.8, 4) is 0 Å². The minimum absolute atomic E-state index is 0.278. The van der Waals surface area contributed by atoms with E-state index in [0.29, 0.717) is 0 Å². The van der Waals surface area contributed by atoms with Crippen molar-refractivity contribution in [3.63, 3.8) is 0 Å². The molecule has 0 spiro atoms. The van der Waals surface area contributed by atoms with Gasteiger partial charge in [0.2, 0.25) is 0 Å².